The summed E-state index contributed by atoms with van der Waals surface area (Å²) >= 11 is 0. The van der Waals surface area contributed by atoms with Crippen molar-refractivity contribution in [1.29, 1.82) is 0 Å². The van der Waals surface area contributed by atoms with Crippen molar-refractivity contribution in [2.75, 3.05) is 0 Å². The van der Waals surface area contributed by atoms with Gasteiger partial charge in [-0.1, -0.05) is 62.4 Å². The molecular formula is C29H27F3N6. The minimum Gasteiger partial charge on any atom is -0.327 e. The van der Waals surface area contributed by atoms with Crippen LogP contribution in [0.4, 0.5) is 13.2 Å². The molecule has 1 saturated carbocycles. The molecule has 3 aromatic heterocycles. The molecular weight excluding hydrogens is 489 g/mol. The van der Waals surface area contributed by atoms with E-state index < -0.39 is 11.9 Å². The number of rotatable bonds is 6. The van der Waals surface area contributed by atoms with Crippen LogP contribution in [0.1, 0.15) is 61.9 Å². The third-order valence-corrected chi connectivity index (χ3v) is 7.24. The summed E-state index contributed by atoms with van der Waals surface area (Å²) in [5.41, 5.74) is 3.69. The van der Waals surface area contributed by atoms with Crippen LogP contribution in [0.15, 0.2) is 67.1 Å². The molecule has 1 aliphatic carbocycles. The number of benzene rings is 2. The SMILES string of the molecule is CC(C)c1ccccc1-c1ncc2cnn(Cc3ccc(-c4nc(C(F)(F)F)cn4C4CCC4)cc3)c2n1. The molecule has 0 radical (unpaired) electrons. The second-order valence-electron chi connectivity index (χ2n) is 10.2. The molecule has 2 aromatic carbocycles. The largest absolute Gasteiger partial charge is 0.434 e. The summed E-state index contributed by atoms with van der Waals surface area (Å²) in [6.07, 6.45) is 2.98. The molecule has 0 spiro atoms. The fourth-order valence-corrected chi connectivity index (χ4v) is 4.94. The van der Waals surface area contributed by atoms with E-state index in [-0.39, 0.29) is 6.04 Å². The van der Waals surface area contributed by atoms with Crippen molar-refractivity contribution in [3.8, 4) is 22.8 Å². The van der Waals surface area contributed by atoms with E-state index in [0.29, 0.717) is 29.7 Å². The lowest BCUT2D eigenvalue weighted by Gasteiger charge is -2.28. The lowest BCUT2D eigenvalue weighted by atomic mass is 9.92. The molecule has 0 aliphatic heterocycles. The minimum absolute atomic E-state index is 0.0680. The summed E-state index contributed by atoms with van der Waals surface area (Å²) in [7, 11) is 0. The highest BCUT2D eigenvalue weighted by Gasteiger charge is 2.36. The predicted octanol–water partition coefficient (Wildman–Crippen LogP) is 7.27. The second-order valence-corrected chi connectivity index (χ2v) is 10.2. The van der Waals surface area contributed by atoms with Gasteiger partial charge in [-0.3, -0.25) is 0 Å². The van der Waals surface area contributed by atoms with E-state index in [2.05, 4.69) is 35.0 Å². The fraction of sp³-hybridized carbons (Fsp3) is 0.310. The van der Waals surface area contributed by atoms with Crippen LogP contribution in [0.3, 0.4) is 0 Å². The highest BCUT2D eigenvalue weighted by molar-refractivity contribution is 5.76. The summed E-state index contributed by atoms with van der Waals surface area (Å²) in [4.78, 5) is 13.4. The summed E-state index contributed by atoms with van der Waals surface area (Å²) in [5, 5.41) is 5.36. The van der Waals surface area contributed by atoms with Gasteiger partial charge in [-0.05, 0) is 36.3 Å². The number of nitrogens with zero attached hydrogens (tertiary/aromatic N) is 6. The van der Waals surface area contributed by atoms with E-state index in [1.54, 1.807) is 17.0 Å². The molecule has 0 saturated heterocycles. The van der Waals surface area contributed by atoms with Crippen molar-refractivity contribution < 1.29 is 13.2 Å². The Bertz CT molecular complexity index is 1590. The molecule has 0 unspecified atom stereocenters. The van der Waals surface area contributed by atoms with Gasteiger partial charge in [0, 0.05) is 29.6 Å². The van der Waals surface area contributed by atoms with Crippen molar-refractivity contribution in [3.05, 3.63) is 83.9 Å². The van der Waals surface area contributed by atoms with Crippen molar-refractivity contribution >= 4 is 11.0 Å². The van der Waals surface area contributed by atoms with Gasteiger partial charge in [-0.15, -0.1) is 0 Å². The Morgan fingerprint density at radius 3 is 2.42 bits per heavy atom. The maximum Gasteiger partial charge on any atom is 0.434 e. The van der Waals surface area contributed by atoms with Crippen molar-refractivity contribution in [2.24, 2.45) is 0 Å². The Labute approximate surface area is 218 Å². The molecule has 0 amide bonds. The van der Waals surface area contributed by atoms with Gasteiger partial charge in [0.15, 0.2) is 17.2 Å². The first-order chi connectivity index (χ1) is 18.3. The maximum atomic E-state index is 13.4. The van der Waals surface area contributed by atoms with Crippen molar-refractivity contribution in [3.63, 3.8) is 0 Å². The van der Waals surface area contributed by atoms with Crippen LogP contribution < -0.4 is 0 Å². The van der Waals surface area contributed by atoms with E-state index in [9.17, 15) is 13.2 Å². The Kier molecular flexibility index (Phi) is 6.01. The Hall–Kier alpha value is -4.01. The number of hydrogen-bond acceptors (Lipinski definition) is 4. The standard InChI is InChI=1S/C29H27F3N6/c1-18(2)23-8-3-4-9-24(23)26-33-14-21-15-34-38(28(21)36-26)16-19-10-12-20(13-11-19)27-35-25(29(30,31)32)17-37(27)22-6-5-7-22/h3-4,8-15,17-18,22H,5-7,16H2,1-2H3. The number of alkyl halides is 3. The molecule has 5 aromatic rings. The van der Waals surface area contributed by atoms with E-state index in [1.165, 1.54) is 5.56 Å². The highest BCUT2D eigenvalue weighted by atomic mass is 19.4. The second kappa shape index (κ2) is 9.38. The van der Waals surface area contributed by atoms with Crippen LogP contribution in [-0.2, 0) is 12.7 Å². The van der Waals surface area contributed by atoms with Crippen LogP contribution in [0.5, 0.6) is 0 Å². The van der Waals surface area contributed by atoms with Crippen LogP contribution in [0, 0.1) is 0 Å². The number of halogens is 3. The van der Waals surface area contributed by atoms with Crippen LogP contribution in [-0.4, -0.2) is 29.3 Å². The third kappa shape index (κ3) is 4.46. The van der Waals surface area contributed by atoms with Gasteiger partial charge in [0.05, 0.1) is 18.1 Å². The highest BCUT2D eigenvalue weighted by Crippen LogP contribution is 2.38. The molecule has 0 atom stereocenters. The molecule has 3 heterocycles. The number of aromatic nitrogens is 6. The lowest BCUT2D eigenvalue weighted by molar-refractivity contribution is -0.140. The molecule has 9 heteroatoms. The summed E-state index contributed by atoms with van der Waals surface area (Å²) < 4.78 is 43.7. The summed E-state index contributed by atoms with van der Waals surface area (Å²) in [5.74, 6) is 1.35. The average molecular weight is 517 g/mol. The number of imidazole rings is 1. The Balaban J connectivity index is 1.30. The van der Waals surface area contributed by atoms with Gasteiger partial charge in [-0.25, -0.2) is 19.6 Å². The van der Waals surface area contributed by atoms with E-state index >= 15 is 0 Å². The average Bonchev–Trinajstić information content (AvgIpc) is 3.48. The van der Waals surface area contributed by atoms with Crippen LogP contribution >= 0.6 is 0 Å². The van der Waals surface area contributed by atoms with Gasteiger partial charge in [0.25, 0.3) is 0 Å². The quantitative estimate of drug-likeness (QED) is 0.238. The van der Waals surface area contributed by atoms with Gasteiger partial charge in [0.2, 0.25) is 0 Å². The molecule has 194 valence electrons. The lowest BCUT2D eigenvalue weighted by Crippen LogP contribution is -2.17. The number of hydrogen-bond donors (Lipinski definition) is 0. The zero-order chi connectivity index (χ0) is 26.4. The topological polar surface area (TPSA) is 61.4 Å². The minimum atomic E-state index is -4.47. The summed E-state index contributed by atoms with van der Waals surface area (Å²) in [6, 6.07) is 15.7. The molecule has 0 bridgehead atoms. The Morgan fingerprint density at radius 1 is 0.974 bits per heavy atom. The molecule has 0 N–H and O–H groups in total. The first kappa shape index (κ1) is 24.3. The molecule has 1 aliphatic rings. The molecule has 6 nitrogen and oxygen atoms in total. The van der Waals surface area contributed by atoms with Gasteiger partial charge in [0.1, 0.15) is 5.82 Å². The van der Waals surface area contributed by atoms with E-state index in [1.807, 2.05) is 47.1 Å². The third-order valence-electron chi connectivity index (χ3n) is 7.24. The van der Waals surface area contributed by atoms with E-state index in [4.69, 9.17) is 4.98 Å². The van der Waals surface area contributed by atoms with Gasteiger partial charge >= 0.3 is 6.18 Å². The molecule has 1 fully saturated rings. The Morgan fingerprint density at radius 2 is 1.74 bits per heavy atom. The maximum absolute atomic E-state index is 13.4. The zero-order valence-electron chi connectivity index (χ0n) is 21.2. The van der Waals surface area contributed by atoms with E-state index in [0.717, 1.165) is 47.6 Å². The van der Waals surface area contributed by atoms with Gasteiger partial charge in [-0.2, -0.15) is 18.3 Å². The van der Waals surface area contributed by atoms with Crippen molar-refractivity contribution in [2.45, 2.75) is 57.8 Å². The smallest absolute Gasteiger partial charge is 0.327 e. The molecule has 38 heavy (non-hydrogen) atoms. The van der Waals surface area contributed by atoms with Gasteiger partial charge < -0.3 is 4.57 Å². The first-order valence-electron chi connectivity index (χ1n) is 12.8. The molecule has 6 rings (SSSR count). The van der Waals surface area contributed by atoms with Crippen molar-refractivity contribution in [1.82, 2.24) is 29.3 Å². The predicted molar refractivity (Wildman–Crippen MR) is 140 cm³/mol. The number of fused-ring (bicyclic) bond motifs is 1. The first-order valence-corrected chi connectivity index (χ1v) is 12.8. The fourth-order valence-electron chi connectivity index (χ4n) is 4.94. The normalized spacial score (nSPS) is 14.4. The summed E-state index contributed by atoms with van der Waals surface area (Å²) in [6.45, 7) is 4.76. The monoisotopic (exact) mass is 516 g/mol. The zero-order valence-corrected chi connectivity index (χ0v) is 21.2. The van der Waals surface area contributed by atoms with Crippen LogP contribution in [0.2, 0.25) is 0 Å². The van der Waals surface area contributed by atoms with Crippen LogP contribution in [0.25, 0.3) is 33.8 Å².